The van der Waals surface area contributed by atoms with Gasteiger partial charge in [-0.1, -0.05) is 11.6 Å². The maximum atomic E-state index is 6.28. The summed E-state index contributed by atoms with van der Waals surface area (Å²) in [7, 11) is 3.27. The third-order valence-electron chi connectivity index (χ3n) is 5.77. The van der Waals surface area contributed by atoms with Gasteiger partial charge in [0.2, 0.25) is 0 Å². The summed E-state index contributed by atoms with van der Waals surface area (Å²) in [6.07, 6.45) is 4.39. The molecule has 0 atom stereocenters. The molecular weight excluding hydrogens is 468 g/mol. The van der Waals surface area contributed by atoms with Crippen molar-refractivity contribution in [1.82, 2.24) is 14.9 Å². The van der Waals surface area contributed by atoms with Crippen LogP contribution in [0.2, 0.25) is 5.02 Å². The van der Waals surface area contributed by atoms with Crippen molar-refractivity contribution in [3.05, 3.63) is 82.8 Å². The van der Waals surface area contributed by atoms with Crippen molar-refractivity contribution in [2.75, 3.05) is 26.1 Å². The van der Waals surface area contributed by atoms with Crippen LogP contribution in [0.4, 0.5) is 5.69 Å². The number of nitrogens with zero attached hydrogens (tertiary/aromatic N) is 2. The second kappa shape index (κ2) is 10.8. The number of hydrogen-bond acceptors (Lipinski definition) is 4. The van der Waals surface area contributed by atoms with Crippen molar-refractivity contribution in [2.45, 2.75) is 19.9 Å². The number of hydrogen-bond donors (Lipinski definition) is 2. The minimum atomic E-state index is 0.596. The fourth-order valence-electron chi connectivity index (χ4n) is 3.99. The highest BCUT2D eigenvalue weighted by Crippen LogP contribution is 2.30. The molecule has 0 aliphatic carbocycles. The minimum absolute atomic E-state index is 0.596. The lowest BCUT2D eigenvalue weighted by Crippen LogP contribution is -2.36. The van der Waals surface area contributed by atoms with Gasteiger partial charge in [0.05, 0.1) is 19.9 Å². The quantitative estimate of drug-likeness (QED) is 0.294. The van der Waals surface area contributed by atoms with Crippen molar-refractivity contribution in [3.63, 3.8) is 0 Å². The highest BCUT2D eigenvalue weighted by atomic mass is 35.5. The van der Waals surface area contributed by atoms with Gasteiger partial charge < -0.3 is 24.7 Å². The average molecular weight is 495 g/mol. The van der Waals surface area contributed by atoms with Gasteiger partial charge in [0.1, 0.15) is 11.5 Å². The molecule has 0 radical (unpaired) electrons. The van der Waals surface area contributed by atoms with E-state index >= 15 is 0 Å². The normalized spacial score (nSPS) is 10.8. The number of anilines is 1. The van der Waals surface area contributed by atoms with Crippen LogP contribution >= 0.6 is 23.8 Å². The average Bonchev–Trinajstić information content (AvgIpc) is 3.16. The number of fused-ring (bicyclic) bond motifs is 1. The summed E-state index contributed by atoms with van der Waals surface area (Å²) in [4.78, 5) is 9.74. The molecular formula is C26H27ClN4O2S. The summed E-state index contributed by atoms with van der Waals surface area (Å²) in [5.41, 5.74) is 5.32. The van der Waals surface area contributed by atoms with Crippen LogP contribution in [0.1, 0.15) is 16.8 Å². The van der Waals surface area contributed by atoms with Crippen molar-refractivity contribution in [2.24, 2.45) is 0 Å². The van der Waals surface area contributed by atoms with E-state index in [4.69, 9.17) is 33.3 Å². The zero-order valence-corrected chi connectivity index (χ0v) is 21.0. The molecule has 0 bridgehead atoms. The Hall–Kier alpha value is -3.29. The molecule has 0 saturated heterocycles. The molecule has 2 heterocycles. The van der Waals surface area contributed by atoms with Crippen LogP contribution in [-0.2, 0) is 13.0 Å². The minimum Gasteiger partial charge on any atom is -0.497 e. The molecule has 2 aromatic carbocycles. The van der Waals surface area contributed by atoms with Crippen molar-refractivity contribution in [1.29, 1.82) is 0 Å². The fraction of sp³-hybridized carbons (Fsp3) is 0.231. The molecule has 0 unspecified atom stereocenters. The molecule has 6 nitrogen and oxygen atoms in total. The van der Waals surface area contributed by atoms with Crippen LogP contribution in [0.15, 0.2) is 60.9 Å². The summed E-state index contributed by atoms with van der Waals surface area (Å²) in [6, 6.07) is 15.5. The van der Waals surface area contributed by atoms with Gasteiger partial charge in [0.15, 0.2) is 5.11 Å². The van der Waals surface area contributed by atoms with Gasteiger partial charge in [-0.3, -0.25) is 4.98 Å². The molecule has 4 rings (SSSR count). The van der Waals surface area contributed by atoms with E-state index < -0.39 is 0 Å². The van der Waals surface area contributed by atoms with Gasteiger partial charge in [0, 0.05) is 53.2 Å². The molecule has 0 aliphatic rings. The lowest BCUT2D eigenvalue weighted by Gasteiger charge is -2.27. The Bertz CT molecular complexity index is 1290. The number of thiocarbonyl (C=S) groups is 1. The smallest absolute Gasteiger partial charge is 0.173 e. The van der Waals surface area contributed by atoms with Crippen LogP contribution < -0.4 is 14.8 Å². The third-order valence-corrected chi connectivity index (χ3v) is 6.37. The van der Waals surface area contributed by atoms with Gasteiger partial charge in [-0.15, -0.1) is 0 Å². The summed E-state index contributed by atoms with van der Waals surface area (Å²) < 4.78 is 10.9. The predicted octanol–water partition coefficient (Wildman–Crippen LogP) is 5.98. The Balaban J connectivity index is 1.59. The molecule has 2 aromatic heterocycles. The summed E-state index contributed by atoms with van der Waals surface area (Å²) >= 11 is 12.1. The van der Waals surface area contributed by atoms with Crippen LogP contribution in [0.5, 0.6) is 11.5 Å². The lowest BCUT2D eigenvalue weighted by molar-refractivity contribution is 0.403. The van der Waals surface area contributed by atoms with Crippen LogP contribution in [0, 0.1) is 6.92 Å². The molecule has 0 saturated carbocycles. The molecule has 8 heteroatoms. The van der Waals surface area contributed by atoms with Crippen molar-refractivity contribution in [3.8, 4) is 11.5 Å². The first-order valence-electron chi connectivity index (χ1n) is 10.9. The maximum absolute atomic E-state index is 6.28. The molecule has 0 spiro atoms. The number of halogens is 1. The van der Waals surface area contributed by atoms with Gasteiger partial charge in [-0.25, -0.2) is 0 Å². The number of nitrogens with one attached hydrogen (secondary N) is 2. The first kappa shape index (κ1) is 23.9. The molecule has 4 aromatic rings. The van der Waals surface area contributed by atoms with Gasteiger partial charge in [-0.2, -0.15) is 0 Å². The Labute approximate surface area is 209 Å². The van der Waals surface area contributed by atoms with Gasteiger partial charge in [0.25, 0.3) is 0 Å². The second-order valence-corrected chi connectivity index (χ2v) is 8.76. The first-order valence-corrected chi connectivity index (χ1v) is 11.7. The Morgan fingerprint density at radius 2 is 1.88 bits per heavy atom. The second-order valence-electron chi connectivity index (χ2n) is 7.94. The SMILES string of the molecule is COc1ccc(OC)c(NC(=S)N(CCc2c(C)[nH]c3ccc(Cl)cc23)Cc2ccncc2)c1. The maximum Gasteiger partial charge on any atom is 0.173 e. The number of aromatic nitrogens is 2. The van der Waals surface area contributed by atoms with Crippen LogP contribution in [-0.4, -0.2) is 40.7 Å². The van der Waals surface area contributed by atoms with E-state index in [1.807, 2.05) is 48.5 Å². The number of benzene rings is 2. The zero-order chi connectivity index (χ0) is 24.1. The van der Waals surface area contributed by atoms with E-state index in [0.29, 0.717) is 24.0 Å². The molecule has 0 aliphatic heterocycles. The lowest BCUT2D eigenvalue weighted by atomic mass is 10.1. The van der Waals surface area contributed by atoms with Crippen LogP contribution in [0.3, 0.4) is 0 Å². The van der Waals surface area contributed by atoms with E-state index in [9.17, 15) is 0 Å². The highest BCUT2D eigenvalue weighted by molar-refractivity contribution is 7.80. The zero-order valence-electron chi connectivity index (χ0n) is 19.4. The Morgan fingerprint density at radius 3 is 2.62 bits per heavy atom. The standard InChI is InChI=1S/C26H27ClN4O2S/c1-17-21(22-14-19(27)4-6-23(22)29-17)10-13-31(16-18-8-11-28-12-9-18)26(34)30-24-15-20(32-2)5-7-25(24)33-3/h4-9,11-12,14-15,29H,10,13,16H2,1-3H3,(H,30,34). The molecule has 2 N–H and O–H groups in total. The molecule has 0 fully saturated rings. The number of aromatic amines is 1. The van der Waals surface area contributed by atoms with E-state index in [1.165, 1.54) is 5.56 Å². The Kier molecular flexibility index (Phi) is 7.55. The topological polar surface area (TPSA) is 62.4 Å². The van der Waals surface area contributed by atoms with Crippen molar-refractivity contribution < 1.29 is 9.47 Å². The number of aryl methyl sites for hydroxylation is 1. The third kappa shape index (κ3) is 5.43. The molecule has 34 heavy (non-hydrogen) atoms. The summed E-state index contributed by atoms with van der Waals surface area (Å²) in [6.45, 7) is 3.44. The fourth-order valence-corrected chi connectivity index (χ4v) is 4.43. The first-order chi connectivity index (χ1) is 16.5. The number of H-pyrrole nitrogens is 1. The van der Waals surface area contributed by atoms with Crippen molar-refractivity contribution >= 4 is 45.5 Å². The largest absolute Gasteiger partial charge is 0.497 e. The number of ether oxygens (including phenoxy) is 2. The van der Waals surface area contributed by atoms with Gasteiger partial charge in [-0.05, 0) is 79.2 Å². The number of rotatable bonds is 8. The Morgan fingerprint density at radius 1 is 1.09 bits per heavy atom. The monoisotopic (exact) mass is 494 g/mol. The summed E-state index contributed by atoms with van der Waals surface area (Å²) in [5.74, 6) is 1.41. The van der Waals surface area contributed by atoms with E-state index in [0.717, 1.165) is 45.0 Å². The molecule has 0 amide bonds. The van der Waals surface area contributed by atoms with E-state index in [-0.39, 0.29) is 0 Å². The van der Waals surface area contributed by atoms with Gasteiger partial charge >= 0.3 is 0 Å². The molecule has 176 valence electrons. The van der Waals surface area contributed by atoms with E-state index in [1.54, 1.807) is 26.6 Å². The number of methoxy groups -OCH3 is 2. The summed E-state index contributed by atoms with van der Waals surface area (Å²) in [5, 5.41) is 5.82. The number of pyridine rings is 1. The predicted molar refractivity (Wildman–Crippen MR) is 142 cm³/mol. The van der Waals surface area contributed by atoms with E-state index in [2.05, 4.69) is 27.1 Å². The van der Waals surface area contributed by atoms with Crippen LogP contribution in [0.25, 0.3) is 10.9 Å². The highest BCUT2D eigenvalue weighted by Gasteiger charge is 2.16.